The summed E-state index contributed by atoms with van der Waals surface area (Å²) in [7, 11) is 0. The fourth-order valence-corrected chi connectivity index (χ4v) is 2.30. The third kappa shape index (κ3) is 1.74. The van der Waals surface area contributed by atoms with E-state index in [4.69, 9.17) is 4.74 Å². The molecule has 0 radical (unpaired) electrons. The van der Waals surface area contributed by atoms with Gasteiger partial charge in [-0.25, -0.2) is 0 Å². The average Bonchev–Trinajstić information content (AvgIpc) is 2.55. The molecule has 1 aliphatic heterocycles. The van der Waals surface area contributed by atoms with Gasteiger partial charge in [0.05, 0.1) is 5.92 Å². The van der Waals surface area contributed by atoms with Gasteiger partial charge in [-0.3, -0.25) is 4.79 Å². The van der Waals surface area contributed by atoms with Crippen LogP contribution in [0.15, 0.2) is 48.5 Å². The largest absolute Gasteiger partial charge is 0.481 e. The lowest BCUT2D eigenvalue weighted by Gasteiger charge is -2.11. The number of hydrogen-bond acceptors (Lipinski definition) is 2. The van der Waals surface area contributed by atoms with E-state index in [1.807, 2.05) is 48.5 Å². The van der Waals surface area contributed by atoms with E-state index in [1.54, 1.807) is 0 Å². The van der Waals surface area contributed by atoms with Crippen molar-refractivity contribution >= 4 is 5.97 Å². The van der Waals surface area contributed by atoms with Gasteiger partial charge in [-0.2, -0.15) is 0 Å². The molecule has 90 valence electrons. The summed E-state index contributed by atoms with van der Waals surface area (Å²) in [5.41, 5.74) is 1.67. The Morgan fingerprint density at radius 1 is 1.06 bits per heavy atom. The van der Waals surface area contributed by atoms with Crippen molar-refractivity contribution in [3.05, 3.63) is 59.7 Å². The number of hydrogen-bond donors (Lipinski definition) is 1. The van der Waals surface area contributed by atoms with E-state index < -0.39 is 11.9 Å². The SMILES string of the molecule is O=C(O)[C@@H]1Cc2ccccc2Oc2ccccc21. The van der Waals surface area contributed by atoms with Crippen LogP contribution in [0.1, 0.15) is 17.0 Å². The lowest BCUT2D eigenvalue weighted by molar-refractivity contribution is -0.138. The monoisotopic (exact) mass is 240 g/mol. The highest BCUT2D eigenvalue weighted by Gasteiger charge is 2.28. The second-order valence-electron chi connectivity index (χ2n) is 4.34. The number of ether oxygens (including phenoxy) is 1. The van der Waals surface area contributed by atoms with Gasteiger partial charge in [-0.1, -0.05) is 36.4 Å². The first kappa shape index (κ1) is 10.8. The lowest BCUT2D eigenvalue weighted by Crippen LogP contribution is -2.13. The van der Waals surface area contributed by atoms with Crippen LogP contribution in [0.25, 0.3) is 0 Å². The Hall–Kier alpha value is -2.29. The Morgan fingerprint density at radius 2 is 1.72 bits per heavy atom. The maximum Gasteiger partial charge on any atom is 0.311 e. The maximum atomic E-state index is 11.4. The number of rotatable bonds is 1. The summed E-state index contributed by atoms with van der Waals surface area (Å²) >= 11 is 0. The molecule has 0 saturated heterocycles. The Kier molecular flexibility index (Phi) is 2.52. The molecule has 2 aromatic rings. The van der Waals surface area contributed by atoms with Crippen LogP contribution >= 0.6 is 0 Å². The van der Waals surface area contributed by atoms with Crippen LogP contribution < -0.4 is 4.74 Å². The zero-order valence-electron chi connectivity index (χ0n) is 9.67. The third-order valence-corrected chi connectivity index (χ3v) is 3.21. The molecule has 0 bridgehead atoms. The van der Waals surface area contributed by atoms with Crippen LogP contribution in [-0.4, -0.2) is 11.1 Å². The predicted octanol–water partition coefficient (Wildman–Crippen LogP) is 3.20. The molecule has 1 aliphatic rings. The van der Waals surface area contributed by atoms with Crippen LogP contribution in [0.4, 0.5) is 0 Å². The van der Waals surface area contributed by atoms with Gasteiger partial charge in [0.25, 0.3) is 0 Å². The fourth-order valence-electron chi connectivity index (χ4n) is 2.30. The smallest absolute Gasteiger partial charge is 0.311 e. The number of fused-ring (bicyclic) bond motifs is 2. The predicted molar refractivity (Wildman–Crippen MR) is 67.0 cm³/mol. The fraction of sp³-hybridized carbons (Fsp3) is 0.133. The summed E-state index contributed by atoms with van der Waals surface area (Å²) in [4.78, 5) is 11.4. The highest BCUT2D eigenvalue weighted by Crippen LogP contribution is 2.39. The summed E-state index contributed by atoms with van der Waals surface area (Å²) in [6, 6.07) is 14.9. The number of aliphatic carboxylic acids is 1. The molecule has 1 heterocycles. The second kappa shape index (κ2) is 4.18. The number of carboxylic acids is 1. The minimum absolute atomic E-state index is 0.461. The molecule has 0 unspecified atom stereocenters. The van der Waals surface area contributed by atoms with Gasteiger partial charge in [0.2, 0.25) is 0 Å². The summed E-state index contributed by atoms with van der Waals surface area (Å²) in [6.45, 7) is 0. The molecule has 3 heteroatoms. The number of carbonyl (C=O) groups is 1. The van der Waals surface area contributed by atoms with Gasteiger partial charge < -0.3 is 9.84 Å². The normalized spacial score (nSPS) is 17.0. The molecule has 2 aromatic carbocycles. The molecule has 0 aliphatic carbocycles. The Balaban J connectivity index is 2.17. The van der Waals surface area contributed by atoms with E-state index in [0.717, 1.165) is 16.9 Å². The third-order valence-electron chi connectivity index (χ3n) is 3.21. The molecule has 3 nitrogen and oxygen atoms in total. The summed E-state index contributed by atoms with van der Waals surface area (Å²) in [6.07, 6.45) is 0.461. The molecule has 1 atom stereocenters. The van der Waals surface area contributed by atoms with Gasteiger partial charge in [0, 0.05) is 5.56 Å². The molecule has 18 heavy (non-hydrogen) atoms. The van der Waals surface area contributed by atoms with E-state index in [2.05, 4.69) is 0 Å². The number of carboxylic acid groups (broad SMARTS) is 1. The van der Waals surface area contributed by atoms with Crippen LogP contribution in [0.3, 0.4) is 0 Å². The van der Waals surface area contributed by atoms with E-state index in [9.17, 15) is 9.90 Å². The molecule has 0 saturated carbocycles. The molecule has 0 amide bonds. The van der Waals surface area contributed by atoms with Crippen LogP contribution in [0, 0.1) is 0 Å². The first-order chi connectivity index (χ1) is 8.75. The van der Waals surface area contributed by atoms with Crippen molar-refractivity contribution in [3.8, 4) is 11.5 Å². The summed E-state index contributed by atoms with van der Waals surface area (Å²) in [5.74, 6) is 0.0103. The van der Waals surface area contributed by atoms with E-state index >= 15 is 0 Å². The quantitative estimate of drug-likeness (QED) is 0.832. The standard InChI is InChI=1S/C15H12O3/c16-15(17)12-9-10-5-1-3-7-13(10)18-14-8-4-2-6-11(12)14/h1-8,12H,9H2,(H,16,17)/t12-/m1/s1. The highest BCUT2D eigenvalue weighted by atomic mass is 16.5. The van der Waals surface area contributed by atoms with Gasteiger partial charge in [-0.05, 0) is 24.1 Å². The Bertz CT molecular complexity index is 604. The van der Waals surface area contributed by atoms with Crippen molar-refractivity contribution < 1.29 is 14.6 Å². The Labute approximate surface area is 105 Å². The van der Waals surface area contributed by atoms with Crippen molar-refractivity contribution in [1.29, 1.82) is 0 Å². The zero-order chi connectivity index (χ0) is 12.5. The topological polar surface area (TPSA) is 46.5 Å². The van der Waals surface area contributed by atoms with Crippen molar-refractivity contribution in [1.82, 2.24) is 0 Å². The molecule has 0 spiro atoms. The first-order valence-corrected chi connectivity index (χ1v) is 5.83. The van der Waals surface area contributed by atoms with Gasteiger partial charge in [0.15, 0.2) is 0 Å². The molecular weight excluding hydrogens is 228 g/mol. The second-order valence-corrected chi connectivity index (χ2v) is 4.34. The Morgan fingerprint density at radius 3 is 2.50 bits per heavy atom. The molecule has 0 aromatic heterocycles. The van der Waals surface area contributed by atoms with Crippen LogP contribution in [0.5, 0.6) is 11.5 Å². The minimum Gasteiger partial charge on any atom is -0.481 e. The minimum atomic E-state index is -0.817. The van der Waals surface area contributed by atoms with E-state index in [-0.39, 0.29) is 0 Å². The van der Waals surface area contributed by atoms with Crippen molar-refractivity contribution in [2.45, 2.75) is 12.3 Å². The summed E-state index contributed by atoms with van der Waals surface area (Å²) in [5, 5.41) is 9.38. The lowest BCUT2D eigenvalue weighted by atomic mass is 9.92. The first-order valence-electron chi connectivity index (χ1n) is 5.83. The molecule has 1 N–H and O–H groups in total. The van der Waals surface area contributed by atoms with Crippen LogP contribution in [0.2, 0.25) is 0 Å². The van der Waals surface area contributed by atoms with E-state index in [1.165, 1.54) is 0 Å². The van der Waals surface area contributed by atoms with Crippen LogP contribution in [-0.2, 0) is 11.2 Å². The van der Waals surface area contributed by atoms with Gasteiger partial charge in [-0.15, -0.1) is 0 Å². The summed E-state index contributed by atoms with van der Waals surface area (Å²) < 4.78 is 5.82. The maximum absolute atomic E-state index is 11.4. The zero-order valence-corrected chi connectivity index (χ0v) is 9.67. The number of benzene rings is 2. The van der Waals surface area contributed by atoms with Crippen molar-refractivity contribution in [2.24, 2.45) is 0 Å². The molecular formula is C15H12O3. The van der Waals surface area contributed by atoms with Gasteiger partial charge >= 0.3 is 5.97 Å². The average molecular weight is 240 g/mol. The molecule has 3 rings (SSSR count). The highest BCUT2D eigenvalue weighted by molar-refractivity contribution is 5.78. The van der Waals surface area contributed by atoms with Crippen molar-refractivity contribution in [3.63, 3.8) is 0 Å². The van der Waals surface area contributed by atoms with E-state index in [0.29, 0.717) is 12.2 Å². The van der Waals surface area contributed by atoms with Crippen molar-refractivity contribution in [2.75, 3.05) is 0 Å². The number of para-hydroxylation sites is 2. The molecule has 0 fully saturated rings. The van der Waals surface area contributed by atoms with Gasteiger partial charge in [0.1, 0.15) is 11.5 Å².